The van der Waals surface area contributed by atoms with Crippen LogP contribution in [-0.2, 0) is 37.5 Å². The Morgan fingerprint density at radius 1 is 0.409 bits per heavy atom. The van der Waals surface area contributed by atoms with E-state index in [1.54, 1.807) is 0 Å². The molecule has 3 atom stereocenters. The number of carboxylic acids is 1. The van der Waals surface area contributed by atoms with Gasteiger partial charge in [0.05, 0.1) is 13.2 Å². The van der Waals surface area contributed by atoms with Crippen LogP contribution in [-0.4, -0.2) is 59.9 Å². The molecule has 4 N–H and O–H groups in total. The molecule has 0 saturated heterocycles. The number of esters is 2. The van der Waals surface area contributed by atoms with Gasteiger partial charge in [0, 0.05) is 12.8 Å². The molecule has 0 spiro atoms. The molecular formula is C54H106NO10P. The number of nitrogens with two attached hydrogens (primary N) is 1. The highest BCUT2D eigenvalue weighted by Gasteiger charge is 2.28. The highest BCUT2D eigenvalue weighted by atomic mass is 31.2. The summed E-state index contributed by atoms with van der Waals surface area (Å²) in [6, 6.07) is -1.52. The summed E-state index contributed by atoms with van der Waals surface area (Å²) < 4.78 is 32.9. The van der Waals surface area contributed by atoms with Crippen LogP contribution in [0.1, 0.15) is 296 Å². The molecule has 66 heavy (non-hydrogen) atoms. The van der Waals surface area contributed by atoms with Crippen LogP contribution < -0.4 is 5.73 Å². The molecule has 0 aliphatic rings. The minimum absolute atomic E-state index is 0.170. The molecule has 12 heteroatoms. The lowest BCUT2D eigenvalue weighted by Crippen LogP contribution is -2.34. The Labute approximate surface area is 405 Å². The third-order valence-electron chi connectivity index (χ3n) is 12.9. The Morgan fingerprint density at radius 2 is 0.667 bits per heavy atom. The molecule has 0 aromatic heterocycles. The number of carbonyl (C=O) groups excluding carboxylic acids is 2. The molecule has 11 nitrogen and oxygen atoms in total. The van der Waals surface area contributed by atoms with E-state index < -0.39 is 51.1 Å². The molecule has 0 rings (SSSR count). The number of hydrogen-bond acceptors (Lipinski definition) is 9. The van der Waals surface area contributed by atoms with Gasteiger partial charge in [0.1, 0.15) is 12.6 Å². The van der Waals surface area contributed by atoms with E-state index in [0.29, 0.717) is 12.8 Å². The van der Waals surface area contributed by atoms with Crippen molar-refractivity contribution in [1.82, 2.24) is 0 Å². The van der Waals surface area contributed by atoms with Crippen LogP contribution in [0.2, 0.25) is 0 Å². The smallest absolute Gasteiger partial charge is 0.472 e. The predicted octanol–water partition coefficient (Wildman–Crippen LogP) is 16.2. The summed E-state index contributed by atoms with van der Waals surface area (Å²) in [5.74, 6) is -2.35. The Bertz CT molecular complexity index is 1130. The van der Waals surface area contributed by atoms with Gasteiger partial charge in [-0.05, 0) is 12.8 Å². The molecule has 0 aliphatic carbocycles. The first kappa shape index (κ1) is 64.5. The van der Waals surface area contributed by atoms with Crippen LogP contribution >= 0.6 is 7.82 Å². The van der Waals surface area contributed by atoms with E-state index in [9.17, 15) is 23.8 Å². The summed E-state index contributed by atoms with van der Waals surface area (Å²) in [6.45, 7) is 2.89. The quantitative estimate of drug-likeness (QED) is 0.0301. The SMILES string of the molecule is CCCCCCCCCCCCCCCCCCCCCCCCC(=O)OC[C@H](COP(=O)(O)OC[C@H](N)C(=O)O)OC(=O)CCCCCCCCCCCCCCCCCCCCCC. The maximum atomic E-state index is 12.7. The summed E-state index contributed by atoms with van der Waals surface area (Å²) in [5, 5.41) is 8.94. The van der Waals surface area contributed by atoms with Gasteiger partial charge >= 0.3 is 25.7 Å². The fraction of sp³-hybridized carbons (Fsp3) is 0.944. The topological polar surface area (TPSA) is 172 Å². The molecule has 0 fully saturated rings. The van der Waals surface area contributed by atoms with Crippen molar-refractivity contribution < 1.29 is 47.5 Å². The van der Waals surface area contributed by atoms with Gasteiger partial charge in [0.15, 0.2) is 6.10 Å². The normalized spacial score (nSPS) is 13.4. The zero-order chi connectivity index (χ0) is 48.4. The lowest BCUT2D eigenvalue weighted by Gasteiger charge is -2.20. The number of unbranched alkanes of at least 4 members (excludes halogenated alkanes) is 40. The van der Waals surface area contributed by atoms with Crippen molar-refractivity contribution in [1.29, 1.82) is 0 Å². The van der Waals surface area contributed by atoms with Crippen LogP contribution in [0.4, 0.5) is 0 Å². The van der Waals surface area contributed by atoms with Crippen LogP contribution in [0.5, 0.6) is 0 Å². The lowest BCUT2D eigenvalue weighted by atomic mass is 10.0. The average Bonchev–Trinajstić information content (AvgIpc) is 3.30. The van der Waals surface area contributed by atoms with E-state index in [1.807, 2.05) is 0 Å². The molecule has 0 bridgehead atoms. The number of aliphatic carboxylic acids is 1. The second-order valence-corrected chi connectivity index (χ2v) is 20.9. The molecule has 0 aliphatic heterocycles. The summed E-state index contributed by atoms with van der Waals surface area (Å²) in [7, 11) is -4.72. The van der Waals surface area contributed by atoms with Crippen molar-refractivity contribution >= 4 is 25.7 Å². The maximum Gasteiger partial charge on any atom is 0.472 e. The van der Waals surface area contributed by atoms with Gasteiger partial charge in [-0.1, -0.05) is 271 Å². The van der Waals surface area contributed by atoms with Crippen molar-refractivity contribution in [2.75, 3.05) is 19.8 Å². The van der Waals surface area contributed by atoms with Crippen molar-refractivity contribution in [2.24, 2.45) is 5.73 Å². The lowest BCUT2D eigenvalue weighted by molar-refractivity contribution is -0.161. The number of phosphoric ester groups is 1. The van der Waals surface area contributed by atoms with Gasteiger partial charge in [0.2, 0.25) is 0 Å². The molecule has 392 valence electrons. The van der Waals surface area contributed by atoms with Crippen LogP contribution in [0, 0.1) is 0 Å². The first-order valence-electron chi connectivity index (χ1n) is 28.1. The zero-order valence-corrected chi connectivity index (χ0v) is 44.0. The Hall–Kier alpha value is -1.52. The third kappa shape index (κ3) is 48.9. The van der Waals surface area contributed by atoms with E-state index in [1.165, 1.54) is 218 Å². The highest BCUT2D eigenvalue weighted by molar-refractivity contribution is 7.47. The first-order valence-corrected chi connectivity index (χ1v) is 29.6. The zero-order valence-electron chi connectivity index (χ0n) is 43.1. The van der Waals surface area contributed by atoms with Gasteiger partial charge in [-0.2, -0.15) is 0 Å². The van der Waals surface area contributed by atoms with Gasteiger partial charge in [-0.25, -0.2) is 4.57 Å². The minimum atomic E-state index is -4.72. The molecule has 1 unspecified atom stereocenters. The van der Waals surface area contributed by atoms with Gasteiger partial charge < -0.3 is 25.2 Å². The van der Waals surface area contributed by atoms with E-state index in [4.69, 9.17) is 29.4 Å². The van der Waals surface area contributed by atoms with E-state index in [2.05, 4.69) is 13.8 Å². The third-order valence-corrected chi connectivity index (χ3v) is 13.8. The molecule has 0 radical (unpaired) electrons. The van der Waals surface area contributed by atoms with Crippen molar-refractivity contribution in [2.45, 2.75) is 309 Å². The fourth-order valence-corrected chi connectivity index (χ4v) is 9.26. The molecule has 0 amide bonds. The summed E-state index contributed by atoms with van der Waals surface area (Å²) in [4.78, 5) is 46.3. The van der Waals surface area contributed by atoms with Crippen molar-refractivity contribution in [3.8, 4) is 0 Å². The number of rotatable bonds is 54. The second-order valence-electron chi connectivity index (χ2n) is 19.4. The van der Waals surface area contributed by atoms with Gasteiger partial charge in [-0.3, -0.25) is 23.4 Å². The predicted molar refractivity (Wildman–Crippen MR) is 273 cm³/mol. The number of carbonyl (C=O) groups is 3. The number of phosphoric acid groups is 1. The summed E-state index contributed by atoms with van der Waals surface area (Å²) >= 11 is 0. The van der Waals surface area contributed by atoms with Crippen molar-refractivity contribution in [3.63, 3.8) is 0 Å². The van der Waals surface area contributed by atoms with Gasteiger partial charge in [-0.15, -0.1) is 0 Å². The van der Waals surface area contributed by atoms with Crippen LogP contribution in [0.3, 0.4) is 0 Å². The molecule has 0 aromatic rings. The molecular weight excluding hydrogens is 854 g/mol. The first-order chi connectivity index (χ1) is 32.1. The standard InChI is InChI=1S/C54H106NO10P/c1-3-5-7-9-11-13-15-17-19-21-23-25-26-28-29-31-33-35-37-39-41-43-45-52(56)62-47-50(48-63-66(60,61)64-49-51(55)54(58)59)65-53(57)46-44-42-40-38-36-34-32-30-27-24-22-20-18-16-14-12-10-8-6-4-2/h50-51H,3-49,55H2,1-2H3,(H,58,59)(H,60,61)/t50-,51+/m1/s1. The highest BCUT2D eigenvalue weighted by Crippen LogP contribution is 2.43. The largest absolute Gasteiger partial charge is 0.480 e. The second kappa shape index (κ2) is 49.9. The number of ether oxygens (including phenoxy) is 2. The van der Waals surface area contributed by atoms with Crippen molar-refractivity contribution in [3.05, 3.63) is 0 Å². The molecule has 0 saturated carbocycles. The Morgan fingerprint density at radius 3 is 0.955 bits per heavy atom. The Balaban J connectivity index is 4.12. The van der Waals surface area contributed by atoms with E-state index >= 15 is 0 Å². The van der Waals surface area contributed by atoms with E-state index in [-0.39, 0.29) is 19.4 Å². The molecule has 0 heterocycles. The molecule has 0 aromatic carbocycles. The van der Waals surface area contributed by atoms with Gasteiger partial charge in [0.25, 0.3) is 0 Å². The summed E-state index contributed by atoms with van der Waals surface area (Å²) in [6.07, 6.45) is 53.1. The van der Waals surface area contributed by atoms with E-state index in [0.717, 1.165) is 38.5 Å². The average molecular weight is 960 g/mol. The number of carboxylic acid groups (broad SMARTS) is 1. The monoisotopic (exact) mass is 960 g/mol. The Kier molecular flexibility index (Phi) is 48.7. The minimum Gasteiger partial charge on any atom is -0.480 e. The van der Waals surface area contributed by atoms with Crippen LogP contribution in [0.15, 0.2) is 0 Å². The maximum absolute atomic E-state index is 12.7. The fourth-order valence-electron chi connectivity index (χ4n) is 8.48. The summed E-state index contributed by atoms with van der Waals surface area (Å²) in [5.41, 5.74) is 5.36. The van der Waals surface area contributed by atoms with Crippen LogP contribution in [0.25, 0.3) is 0 Å². The number of hydrogen-bond donors (Lipinski definition) is 3.